The summed E-state index contributed by atoms with van der Waals surface area (Å²) in [5, 5.41) is 4.38. The van der Waals surface area contributed by atoms with E-state index in [4.69, 9.17) is 0 Å². The highest BCUT2D eigenvalue weighted by atomic mass is 16.2. The normalized spacial score (nSPS) is 17.9. The minimum absolute atomic E-state index is 0.0203. The fraction of sp³-hybridized carbons (Fsp3) is 0.818. The fourth-order valence-corrected chi connectivity index (χ4v) is 2.45. The summed E-state index contributed by atoms with van der Waals surface area (Å²) >= 11 is 0. The van der Waals surface area contributed by atoms with E-state index in [1.54, 1.807) is 7.05 Å². The van der Waals surface area contributed by atoms with Crippen molar-refractivity contribution in [2.24, 2.45) is 7.05 Å². The summed E-state index contributed by atoms with van der Waals surface area (Å²) < 4.78 is 3.31. The van der Waals surface area contributed by atoms with Gasteiger partial charge in [-0.1, -0.05) is 12.8 Å². The molecule has 1 aliphatic carbocycles. The van der Waals surface area contributed by atoms with Gasteiger partial charge in [-0.05, 0) is 26.7 Å². The van der Waals surface area contributed by atoms with E-state index in [9.17, 15) is 4.79 Å². The van der Waals surface area contributed by atoms with Crippen LogP contribution in [0.2, 0.25) is 0 Å². The van der Waals surface area contributed by atoms with Crippen LogP contribution in [0.5, 0.6) is 0 Å². The van der Waals surface area contributed by atoms with E-state index in [1.165, 1.54) is 30.4 Å². The largest absolute Gasteiger partial charge is 0.345 e. The Morgan fingerprint density at radius 3 is 2.47 bits per heavy atom. The van der Waals surface area contributed by atoms with Crippen LogP contribution in [-0.4, -0.2) is 14.3 Å². The Morgan fingerprint density at radius 1 is 1.33 bits per heavy atom. The van der Waals surface area contributed by atoms with Crippen LogP contribution in [0, 0.1) is 0 Å². The SMILES string of the molecule is CC(C)n1c(C2CCCC2)nn(C)c1=O. The van der Waals surface area contributed by atoms with Gasteiger partial charge >= 0.3 is 5.69 Å². The monoisotopic (exact) mass is 209 g/mol. The van der Waals surface area contributed by atoms with Crippen LogP contribution in [-0.2, 0) is 7.05 Å². The van der Waals surface area contributed by atoms with Crippen LogP contribution < -0.4 is 5.69 Å². The molecule has 0 atom stereocenters. The molecule has 1 aliphatic rings. The van der Waals surface area contributed by atoms with Crippen LogP contribution in [0.3, 0.4) is 0 Å². The zero-order valence-corrected chi connectivity index (χ0v) is 9.73. The summed E-state index contributed by atoms with van der Waals surface area (Å²) in [5.41, 5.74) is 0.0203. The number of hydrogen-bond acceptors (Lipinski definition) is 2. The molecule has 0 spiro atoms. The molecule has 15 heavy (non-hydrogen) atoms. The second-order valence-corrected chi connectivity index (χ2v) is 4.71. The average molecular weight is 209 g/mol. The molecule has 1 fully saturated rings. The van der Waals surface area contributed by atoms with Crippen LogP contribution in [0.15, 0.2) is 4.79 Å². The Bertz CT molecular complexity index is 396. The minimum Gasteiger partial charge on any atom is -0.276 e. The Balaban J connectivity index is 2.45. The third-order valence-electron chi connectivity index (χ3n) is 3.22. The van der Waals surface area contributed by atoms with Gasteiger partial charge in [0.25, 0.3) is 0 Å². The van der Waals surface area contributed by atoms with E-state index < -0.39 is 0 Å². The molecule has 0 unspecified atom stereocenters. The molecule has 0 bridgehead atoms. The smallest absolute Gasteiger partial charge is 0.276 e. The van der Waals surface area contributed by atoms with E-state index >= 15 is 0 Å². The molecule has 1 aromatic rings. The zero-order valence-electron chi connectivity index (χ0n) is 9.73. The van der Waals surface area contributed by atoms with Crippen molar-refractivity contribution in [1.82, 2.24) is 14.3 Å². The molecule has 0 N–H and O–H groups in total. The lowest BCUT2D eigenvalue weighted by Gasteiger charge is -2.13. The van der Waals surface area contributed by atoms with Crippen molar-refractivity contribution in [3.63, 3.8) is 0 Å². The molecule has 0 saturated heterocycles. The van der Waals surface area contributed by atoms with Crippen LogP contribution in [0.4, 0.5) is 0 Å². The van der Waals surface area contributed by atoms with Gasteiger partial charge in [-0.2, -0.15) is 5.10 Å². The maximum atomic E-state index is 11.9. The Kier molecular flexibility index (Phi) is 2.67. The number of aromatic nitrogens is 3. The highest BCUT2D eigenvalue weighted by Crippen LogP contribution is 2.33. The Morgan fingerprint density at radius 2 is 1.93 bits per heavy atom. The maximum absolute atomic E-state index is 11.9. The zero-order chi connectivity index (χ0) is 11.0. The van der Waals surface area contributed by atoms with E-state index in [0.29, 0.717) is 5.92 Å². The molecular weight excluding hydrogens is 190 g/mol. The molecule has 1 saturated carbocycles. The second-order valence-electron chi connectivity index (χ2n) is 4.71. The molecule has 0 radical (unpaired) electrons. The summed E-state index contributed by atoms with van der Waals surface area (Å²) in [6.07, 6.45) is 4.91. The lowest BCUT2D eigenvalue weighted by Crippen LogP contribution is -2.25. The van der Waals surface area contributed by atoms with Crippen molar-refractivity contribution in [2.75, 3.05) is 0 Å². The second kappa shape index (κ2) is 3.83. The van der Waals surface area contributed by atoms with E-state index in [-0.39, 0.29) is 11.7 Å². The summed E-state index contributed by atoms with van der Waals surface area (Å²) in [6.45, 7) is 4.09. The van der Waals surface area contributed by atoms with Crippen molar-refractivity contribution in [2.45, 2.75) is 51.5 Å². The fourth-order valence-electron chi connectivity index (χ4n) is 2.45. The van der Waals surface area contributed by atoms with Crippen LogP contribution in [0.25, 0.3) is 0 Å². The molecular formula is C11H19N3O. The molecule has 0 aromatic carbocycles. The van der Waals surface area contributed by atoms with Crippen molar-refractivity contribution in [3.05, 3.63) is 16.3 Å². The molecule has 0 aliphatic heterocycles. The summed E-state index contributed by atoms with van der Waals surface area (Å²) in [5.74, 6) is 1.50. The lowest BCUT2D eigenvalue weighted by molar-refractivity contribution is 0.516. The van der Waals surface area contributed by atoms with Gasteiger partial charge in [0.15, 0.2) is 0 Å². The van der Waals surface area contributed by atoms with Crippen LogP contribution in [0.1, 0.15) is 57.3 Å². The molecule has 4 nitrogen and oxygen atoms in total. The standard InChI is InChI=1S/C11H19N3O/c1-8(2)14-10(9-6-4-5-7-9)12-13(3)11(14)15/h8-9H,4-7H2,1-3H3. The predicted molar refractivity (Wildman–Crippen MR) is 59.1 cm³/mol. The minimum atomic E-state index is 0.0203. The molecule has 1 aromatic heterocycles. The predicted octanol–water partition coefficient (Wildman–Crippen LogP) is 1.82. The van der Waals surface area contributed by atoms with Gasteiger partial charge in [-0.15, -0.1) is 0 Å². The van der Waals surface area contributed by atoms with Gasteiger partial charge in [0.2, 0.25) is 0 Å². The summed E-state index contributed by atoms with van der Waals surface area (Å²) in [4.78, 5) is 11.9. The van der Waals surface area contributed by atoms with Crippen molar-refractivity contribution >= 4 is 0 Å². The van der Waals surface area contributed by atoms with Crippen molar-refractivity contribution in [3.8, 4) is 0 Å². The Hall–Kier alpha value is -1.06. The number of rotatable bonds is 2. The summed E-state index contributed by atoms with van der Waals surface area (Å²) in [7, 11) is 1.74. The van der Waals surface area contributed by atoms with Gasteiger partial charge in [-0.25, -0.2) is 9.48 Å². The highest BCUT2D eigenvalue weighted by Gasteiger charge is 2.25. The first kappa shape index (κ1) is 10.5. The van der Waals surface area contributed by atoms with Crippen molar-refractivity contribution < 1.29 is 0 Å². The van der Waals surface area contributed by atoms with Crippen molar-refractivity contribution in [1.29, 1.82) is 0 Å². The number of hydrogen-bond donors (Lipinski definition) is 0. The molecule has 2 rings (SSSR count). The third kappa shape index (κ3) is 1.73. The van der Waals surface area contributed by atoms with E-state index in [2.05, 4.69) is 5.10 Å². The lowest BCUT2D eigenvalue weighted by atomic mass is 10.1. The molecule has 0 amide bonds. The van der Waals surface area contributed by atoms with Gasteiger partial charge in [0.05, 0.1) is 0 Å². The third-order valence-corrected chi connectivity index (χ3v) is 3.22. The van der Waals surface area contributed by atoms with E-state index in [1.807, 2.05) is 18.4 Å². The number of aryl methyl sites for hydroxylation is 1. The first-order valence-electron chi connectivity index (χ1n) is 5.76. The van der Waals surface area contributed by atoms with Gasteiger partial charge in [-0.3, -0.25) is 4.57 Å². The topological polar surface area (TPSA) is 39.8 Å². The van der Waals surface area contributed by atoms with Gasteiger partial charge in [0.1, 0.15) is 5.82 Å². The highest BCUT2D eigenvalue weighted by molar-refractivity contribution is 5.00. The first-order valence-corrected chi connectivity index (χ1v) is 5.76. The average Bonchev–Trinajstić information content (AvgIpc) is 2.75. The first-order chi connectivity index (χ1) is 7.11. The Labute approximate surface area is 89.9 Å². The number of nitrogens with zero attached hydrogens (tertiary/aromatic N) is 3. The maximum Gasteiger partial charge on any atom is 0.345 e. The molecule has 1 heterocycles. The summed E-state index contributed by atoms with van der Waals surface area (Å²) in [6, 6.07) is 0.210. The van der Waals surface area contributed by atoms with Crippen LogP contribution >= 0.6 is 0 Å². The van der Waals surface area contributed by atoms with Gasteiger partial charge < -0.3 is 0 Å². The molecule has 4 heteroatoms. The van der Waals surface area contributed by atoms with E-state index in [0.717, 1.165) is 5.82 Å². The van der Waals surface area contributed by atoms with Gasteiger partial charge in [0, 0.05) is 19.0 Å². The molecule has 84 valence electrons. The quantitative estimate of drug-likeness (QED) is 0.745.